The van der Waals surface area contributed by atoms with Crippen molar-refractivity contribution in [2.45, 2.75) is 38.7 Å². The van der Waals surface area contributed by atoms with Crippen LogP contribution in [0.2, 0.25) is 0 Å². The van der Waals surface area contributed by atoms with Crippen molar-refractivity contribution in [3.63, 3.8) is 0 Å². The van der Waals surface area contributed by atoms with Crippen LogP contribution in [0.3, 0.4) is 0 Å². The summed E-state index contributed by atoms with van der Waals surface area (Å²) < 4.78 is 66.6. The molecule has 136 valence electrons. The van der Waals surface area contributed by atoms with Gasteiger partial charge in [0.1, 0.15) is 0 Å². The van der Waals surface area contributed by atoms with Crippen molar-refractivity contribution in [2.24, 2.45) is 0 Å². The standard InChI is InChI=1S/C6H10O9S2.C5H10O/c7-5(1-3-16(9,10)11)15-6(8)2-4-17(12,13)14;1-5-3-2-4-6-5/h1-4H2,(H,9,10,11)(H,12,13,14);5H,2-4H2,1H3. The zero-order chi connectivity index (χ0) is 18.1. The minimum Gasteiger partial charge on any atom is -0.393 e. The molecule has 0 aromatic carbocycles. The Balaban J connectivity index is 0.000000664. The van der Waals surface area contributed by atoms with Gasteiger partial charge in [0.2, 0.25) is 0 Å². The number of esters is 2. The summed E-state index contributed by atoms with van der Waals surface area (Å²) in [6.07, 6.45) is 1.60. The Hall–Kier alpha value is -1.08. The molecule has 1 aliphatic heterocycles. The van der Waals surface area contributed by atoms with Crippen LogP contribution in [-0.4, -0.2) is 62.1 Å². The predicted octanol–water partition coefficient (Wildman–Crippen LogP) is -0.203. The van der Waals surface area contributed by atoms with Crippen molar-refractivity contribution < 1.29 is 45.0 Å². The molecular formula is C11H20O10S2. The molecule has 1 aliphatic rings. The van der Waals surface area contributed by atoms with Gasteiger partial charge in [0.25, 0.3) is 20.2 Å². The van der Waals surface area contributed by atoms with Crippen LogP contribution in [0, 0.1) is 0 Å². The molecule has 0 saturated carbocycles. The van der Waals surface area contributed by atoms with Crippen LogP contribution in [0.25, 0.3) is 0 Å². The van der Waals surface area contributed by atoms with Gasteiger partial charge in [-0.1, -0.05) is 0 Å². The maximum atomic E-state index is 10.8. The quantitative estimate of drug-likeness (QED) is 0.360. The first-order valence-electron chi connectivity index (χ1n) is 6.64. The number of carbonyl (C=O) groups excluding carboxylic acids is 2. The minimum absolute atomic E-state index is 0.546. The van der Waals surface area contributed by atoms with E-state index in [1.165, 1.54) is 12.8 Å². The SMILES string of the molecule is CC1CCCO1.O=C(CCS(=O)(=O)O)OC(=O)CCS(=O)(=O)O. The summed E-state index contributed by atoms with van der Waals surface area (Å²) in [6.45, 7) is 3.11. The summed E-state index contributed by atoms with van der Waals surface area (Å²) in [6, 6.07) is 0. The average Bonchev–Trinajstić information content (AvgIpc) is 2.84. The van der Waals surface area contributed by atoms with Gasteiger partial charge in [-0.05, 0) is 19.8 Å². The third kappa shape index (κ3) is 15.6. The third-order valence-corrected chi connectivity index (χ3v) is 3.95. The molecular weight excluding hydrogens is 356 g/mol. The highest BCUT2D eigenvalue weighted by Crippen LogP contribution is 2.09. The Morgan fingerprint density at radius 2 is 1.48 bits per heavy atom. The lowest BCUT2D eigenvalue weighted by Gasteiger charge is -2.01. The molecule has 2 N–H and O–H groups in total. The van der Waals surface area contributed by atoms with Crippen LogP contribution in [-0.2, 0) is 39.3 Å². The van der Waals surface area contributed by atoms with Gasteiger partial charge < -0.3 is 9.47 Å². The molecule has 1 rings (SSSR count). The van der Waals surface area contributed by atoms with Gasteiger partial charge in [-0.25, -0.2) is 0 Å². The first-order valence-corrected chi connectivity index (χ1v) is 9.86. The van der Waals surface area contributed by atoms with E-state index in [0.717, 1.165) is 6.61 Å². The molecule has 0 spiro atoms. The van der Waals surface area contributed by atoms with Gasteiger partial charge in [0, 0.05) is 6.61 Å². The molecule has 0 bridgehead atoms. The number of hydrogen-bond acceptors (Lipinski definition) is 8. The Labute approximate surface area is 134 Å². The molecule has 1 atom stereocenters. The summed E-state index contributed by atoms with van der Waals surface area (Å²) in [5.41, 5.74) is 0. The third-order valence-electron chi connectivity index (χ3n) is 2.51. The second kappa shape index (κ2) is 9.93. The lowest BCUT2D eigenvalue weighted by molar-refractivity contribution is -0.159. The van der Waals surface area contributed by atoms with Gasteiger partial charge >= 0.3 is 11.9 Å². The number of rotatable bonds is 6. The van der Waals surface area contributed by atoms with E-state index < -0.39 is 56.5 Å². The van der Waals surface area contributed by atoms with E-state index in [9.17, 15) is 26.4 Å². The van der Waals surface area contributed by atoms with E-state index in [-0.39, 0.29) is 0 Å². The fourth-order valence-corrected chi connectivity index (χ4v) is 2.24. The number of hydrogen-bond donors (Lipinski definition) is 2. The molecule has 0 radical (unpaired) electrons. The van der Waals surface area contributed by atoms with Crippen LogP contribution in [0.1, 0.15) is 32.6 Å². The van der Waals surface area contributed by atoms with E-state index >= 15 is 0 Å². The average molecular weight is 376 g/mol. The monoisotopic (exact) mass is 376 g/mol. The van der Waals surface area contributed by atoms with E-state index in [0.29, 0.717) is 6.10 Å². The molecule has 10 nitrogen and oxygen atoms in total. The van der Waals surface area contributed by atoms with E-state index in [4.69, 9.17) is 13.8 Å². The number of ether oxygens (including phenoxy) is 2. The normalized spacial score (nSPS) is 18.0. The minimum atomic E-state index is -4.34. The predicted molar refractivity (Wildman–Crippen MR) is 77.8 cm³/mol. The molecule has 23 heavy (non-hydrogen) atoms. The Morgan fingerprint density at radius 3 is 1.70 bits per heavy atom. The zero-order valence-corrected chi connectivity index (χ0v) is 14.1. The topological polar surface area (TPSA) is 161 Å². The van der Waals surface area contributed by atoms with Crippen molar-refractivity contribution >= 4 is 32.2 Å². The summed E-state index contributed by atoms with van der Waals surface area (Å²) in [5.74, 6) is -4.25. The molecule has 0 aromatic rings. The van der Waals surface area contributed by atoms with Crippen LogP contribution in [0.15, 0.2) is 0 Å². The van der Waals surface area contributed by atoms with Gasteiger partial charge in [-0.15, -0.1) is 0 Å². The van der Waals surface area contributed by atoms with E-state index in [2.05, 4.69) is 11.7 Å². The van der Waals surface area contributed by atoms with Crippen LogP contribution in [0.5, 0.6) is 0 Å². The van der Waals surface area contributed by atoms with Crippen molar-refractivity contribution in [1.82, 2.24) is 0 Å². The Morgan fingerprint density at radius 1 is 1.04 bits per heavy atom. The van der Waals surface area contributed by atoms with Crippen molar-refractivity contribution in [2.75, 3.05) is 18.1 Å². The van der Waals surface area contributed by atoms with Crippen molar-refractivity contribution in [1.29, 1.82) is 0 Å². The molecule has 12 heteroatoms. The van der Waals surface area contributed by atoms with Crippen molar-refractivity contribution in [3.8, 4) is 0 Å². The summed E-state index contributed by atoms with van der Waals surface area (Å²) in [4.78, 5) is 21.6. The molecule has 0 amide bonds. The molecule has 0 aliphatic carbocycles. The molecule has 0 aromatic heterocycles. The van der Waals surface area contributed by atoms with Gasteiger partial charge in [-0.3, -0.25) is 18.7 Å². The van der Waals surface area contributed by atoms with Crippen LogP contribution >= 0.6 is 0 Å². The van der Waals surface area contributed by atoms with Gasteiger partial charge in [0.05, 0.1) is 30.5 Å². The summed E-state index contributed by atoms with van der Waals surface area (Å²) in [7, 11) is -8.68. The highest BCUT2D eigenvalue weighted by Gasteiger charge is 2.16. The van der Waals surface area contributed by atoms with Crippen LogP contribution < -0.4 is 0 Å². The van der Waals surface area contributed by atoms with Gasteiger partial charge in [0.15, 0.2) is 0 Å². The lowest BCUT2D eigenvalue weighted by atomic mass is 10.3. The fourth-order valence-electron chi connectivity index (χ4n) is 1.39. The van der Waals surface area contributed by atoms with Gasteiger partial charge in [-0.2, -0.15) is 16.8 Å². The Bertz CT molecular complexity index is 540. The highest BCUT2D eigenvalue weighted by atomic mass is 32.2. The smallest absolute Gasteiger partial charge is 0.314 e. The largest absolute Gasteiger partial charge is 0.393 e. The number of carbonyl (C=O) groups is 2. The fraction of sp³-hybridized carbons (Fsp3) is 0.818. The second-order valence-electron chi connectivity index (χ2n) is 4.74. The molecule has 1 fully saturated rings. The highest BCUT2D eigenvalue weighted by molar-refractivity contribution is 7.86. The van der Waals surface area contributed by atoms with Crippen molar-refractivity contribution in [3.05, 3.63) is 0 Å². The first-order chi connectivity index (χ1) is 10.4. The van der Waals surface area contributed by atoms with E-state index in [1.54, 1.807) is 0 Å². The Kier molecular flexibility index (Phi) is 9.46. The van der Waals surface area contributed by atoms with E-state index in [1.807, 2.05) is 0 Å². The lowest BCUT2D eigenvalue weighted by Crippen LogP contribution is -2.18. The second-order valence-corrected chi connectivity index (χ2v) is 7.89. The first kappa shape index (κ1) is 21.9. The maximum Gasteiger partial charge on any atom is 0.314 e. The maximum absolute atomic E-state index is 10.8. The molecule has 1 saturated heterocycles. The zero-order valence-electron chi connectivity index (χ0n) is 12.5. The molecule has 1 heterocycles. The van der Waals surface area contributed by atoms with Crippen LogP contribution in [0.4, 0.5) is 0 Å². The summed E-state index contributed by atoms with van der Waals surface area (Å²) in [5, 5.41) is 0. The molecule has 1 unspecified atom stereocenters. The summed E-state index contributed by atoms with van der Waals surface area (Å²) >= 11 is 0.